The highest BCUT2D eigenvalue weighted by Gasteiger charge is 2.38. The Hall–Kier alpha value is -0.920. The lowest BCUT2D eigenvalue weighted by molar-refractivity contribution is 0.293. The van der Waals surface area contributed by atoms with E-state index in [1.165, 1.54) is 0 Å². The van der Waals surface area contributed by atoms with Gasteiger partial charge in [-0.25, -0.2) is 0 Å². The molecule has 0 aliphatic carbocycles. The van der Waals surface area contributed by atoms with E-state index in [9.17, 15) is 8.42 Å². The topological polar surface area (TPSA) is 58.4 Å². The van der Waals surface area contributed by atoms with Crippen molar-refractivity contribution in [3.8, 4) is 0 Å². The second-order valence-electron chi connectivity index (χ2n) is 6.00. The molecular weight excluding hydrogens is 288 g/mol. The quantitative estimate of drug-likeness (QED) is 0.853. The Morgan fingerprint density at radius 1 is 1.10 bits per heavy atom. The highest BCUT2D eigenvalue weighted by Crippen LogP contribution is 2.33. The summed E-state index contributed by atoms with van der Waals surface area (Å²) >= 11 is 0. The van der Waals surface area contributed by atoms with Crippen LogP contribution in [0, 0.1) is 0 Å². The van der Waals surface area contributed by atoms with Crippen LogP contribution in [-0.2, 0) is 17.3 Å². The number of nitrogens with zero attached hydrogens (tertiary/aromatic N) is 4. The molecule has 0 spiro atoms. The lowest BCUT2D eigenvalue weighted by Crippen LogP contribution is -2.44. The van der Waals surface area contributed by atoms with Crippen molar-refractivity contribution in [1.82, 2.24) is 18.4 Å². The molecule has 0 aromatic carbocycles. The van der Waals surface area contributed by atoms with Crippen LogP contribution in [0.3, 0.4) is 0 Å². The predicted octanol–water partition coefficient (Wildman–Crippen LogP) is 1.68. The van der Waals surface area contributed by atoms with Gasteiger partial charge in [-0.2, -0.15) is 22.1 Å². The van der Waals surface area contributed by atoms with Crippen molar-refractivity contribution in [3.63, 3.8) is 0 Å². The molecule has 0 amide bonds. The van der Waals surface area contributed by atoms with E-state index in [2.05, 4.69) is 5.10 Å². The zero-order chi connectivity index (χ0) is 14.9. The standard InChI is InChI=1S/C14H24N4O2S/c1-16-12-8-13(15-16)14-7-3-2-4-11-18(14)21(19,20)17-9-5-6-10-17/h8,12,14H,2-7,9-11H2,1H3/t14-/m1/s1. The van der Waals surface area contributed by atoms with Crippen LogP contribution in [0.1, 0.15) is 50.3 Å². The van der Waals surface area contributed by atoms with Gasteiger partial charge in [0.05, 0.1) is 11.7 Å². The van der Waals surface area contributed by atoms with Crippen LogP contribution in [0.5, 0.6) is 0 Å². The van der Waals surface area contributed by atoms with Gasteiger partial charge in [0.15, 0.2) is 0 Å². The molecule has 0 unspecified atom stereocenters. The van der Waals surface area contributed by atoms with E-state index >= 15 is 0 Å². The molecule has 2 fully saturated rings. The molecule has 3 heterocycles. The molecule has 2 saturated heterocycles. The van der Waals surface area contributed by atoms with Crippen LogP contribution < -0.4 is 0 Å². The SMILES string of the molecule is Cn1ccc([C@H]2CCCCCN2S(=O)(=O)N2CCCC2)n1. The molecule has 2 aliphatic rings. The summed E-state index contributed by atoms with van der Waals surface area (Å²) in [6.45, 7) is 1.93. The second-order valence-corrected chi connectivity index (χ2v) is 7.89. The predicted molar refractivity (Wildman–Crippen MR) is 80.8 cm³/mol. The highest BCUT2D eigenvalue weighted by molar-refractivity contribution is 7.86. The van der Waals surface area contributed by atoms with Crippen LogP contribution >= 0.6 is 0 Å². The van der Waals surface area contributed by atoms with Crippen LogP contribution in [0.15, 0.2) is 12.3 Å². The van der Waals surface area contributed by atoms with E-state index in [4.69, 9.17) is 0 Å². The summed E-state index contributed by atoms with van der Waals surface area (Å²) in [6.07, 6.45) is 7.80. The molecular formula is C14H24N4O2S. The normalized spacial score (nSPS) is 26.0. The Morgan fingerprint density at radius 2 is 1.81 bits per heavy atom. The molecule has 3 rings (SSSR count). The summed E-state index contributed by atoms with van der Waals surface area (Å²) < 4.78 is 31.0. The molecule has 0 bridgehead atoms. The van der Waals surface area contributed by atoms with Crippen LogP contribution in [0.2, 0.25) is 0 Å². The lowest BCUT2D eigenvalue weighted by atomic mass is 10.1. The molecule has 21 heavy (non-hydrogen) atoms. The largest absolute Gasteiger partial charge is 0.282 e. The first-order valence-corrected chi connectivity index (χ1v) is 9.25. The third-order valence-corrected chi connectivity index (χ3v) is 6.51. The molecule has 1 atom stereocenters. The first-order chi connectivity index (χ1) is 10.1. The van der Waals surface area contributed by atoms with Gasteiger partial charge in [0.25, 0.3) is 10.2 Å². The molecule has 0 N–H and O–H groups in total. The molecule has 6 nitrogen and oxygen atoms in total. The van der Waals surface area contributed by atoms with Gasteiger partial charge >= 0.3 is 0 Å². The van der Waals surface area contributed by atoms with Gasteiger partial charge in [-0.1, -0.05) is 12.8 Å². The van der Waals surface area contributed by atoms with E-state index in [1.807, 2.05) is 19.3 Å². The maximum absolute atomic E-state index is 12.9. The molecule has 118 valence electrons. The Labute approximate surface area is 126 Å². The number of hydrogen-bond acceptors (Lipinski definition) is 3. The average Bonchev–Trinajstić information content (AvgIpc) is 3.06. The summed E-state index contributed by atoms with van der Waals surface area (Å²) in [7, 11) is -1.48. The summed E-state index contributed by atoms with van der Waals surface area (Å²) in [6, 6.07) is 1.84. The molecule has 1 aromatic heterocycles. The van der Waals surface area contributed by atoms with Crippen molar-refractivity contribution in [2.24, 2.45) is 7.05 Å². The first-order valence-electron chi connectivity index (χ1n) is 7.85. The monoisotopic (exact) mass is 312 g/mol. The Kier molecular flexibility index (Phi) is 4.33. The molecule has 0 radical (unpaired) electrons. The van der Waals surface area contributed by atoms with Gasteiger partial charge in [0.1, 0.15) is 0 Å². The zero-order valence-corrected chi connectivity index (χ0v) is 13.4. The van der Waals surface area contributed by atoms with Gasteiger partial charge in [-0.05, 0) is 31.7 Å². The fourth-order valence-electron chi connectivity index (χ4n) is 3.33. The van der Waals surface area contributed by atoms with Crippen molar-refractivity contribution < 1.29 is 8.42 Å². The third-order valence-electron chi connectivity index (χ3n) is 4.47. The van der Waals surface area contributed by atoms with Crippen molar-refractivity contribution in [2.45, 2.75) is 44.6 Å². The minimum absolute atomic E-state index is 0.112. The Morgan fingerprint density at radius 3 is 2.48 bits per heavy atom. The maximum atomic E-state index is 12.9. The number of rotatable bonds is 3. The Bertz CT molecular complexity index is 578. The summed E-state index contributed by atoms with van der Waals surface area (Å²) in [5.74, 6) is 0. The summed E-state index contributed by atoms with van der Waals surface area (Å²) in [5, 5.41) is 4.46. The highest BCUT2D eigenvalue weighted by atomic mass is 32.2. The first kappa shape index (κ1) is 15.0. The third kappa shape index (κ3) is 3.00. The van der Waals surface area contributed by atoms with Gasteiger partial charge < -0.3 is 0 Å². The van der Waals surface area contributed by atoms with E-state index in [-0.39, 0.29) is 6.04 Å². The van der Waals surface area contributed by atoms with Crippen molar-refractivity contribution in [3.05, 3.63) is 18.0 Å². The van der Waals surface area contributed by atoms with Crippen molar-refractivity contribution in [1.29, 1.82) is 0 Å². The number of aromatic nitrogens is 2. The fraction of sp³-hybridized carbons (Fsp3) is 0.786. The van der Waals surface area contributed by atoms with Crippen molar-refractivity contribution in [2.75, 3.05) is 19.6 Å². The van der Waals surface area contributed by atoms with Crippen molar-refractivity contribution >= 4 is 10.2 Å². The lowest BCUT2D eigenvalue weighted by Gasteiger charge is -2.31. The second kappa shape index (κ2) is 6.06. The van der Waals surface area contributed by atoms with E-state index in [0.717, 1.165) is 44.2 Å². The number of hydrogen-bond donors (Lipinski definition) is 0. The van der Waals surface area contributed by atoms with E-state index in [0.29, 0.717) is 19.6 Å². The molecule has 7 heteroatoms. The zero-order valence-electron chi connectivity index (χ0n) is 12.6. The minimum atomic E-state index is -3.36. The van der Waals surface area contributed by atoms with Crippen LogP contribution in [-0.4, -0.2) is 46.4 Å². The van der Waals surface area contributed by atoms with Crippen LogP contribution in [0.4, 0.5) is 0 Å². The summed E-state index contributed by atoms with van der Waals surface area (Å²) in [5.41, 5.74) is 0.877. The maximum Gasteiger partial charge on any atom is 0.282 e. The van der Waals surface area contributed by atoms with Gasteiger partial charge in [-0.15, -0.1) is 0 Å². The number of aryl methyl sites for hydroxylation is 1. The van der Waals surface area contributed by atoms with Gasteiger partial charge in [0, 0.05) is 32.9 Å². The van der Waals surface area contributed by atoms with E-state index in [1.54, 1.807) is 13.3 Å². The Balaban J connectivity index is 1.91. The van der Waals surface area contributed by atoms with Gasteiger partial charge in [0.2, 0.25) is 0 Å². The molecule has 0 saturated carbocycles. The summed E-state index contributed by atoms with van der Waals surface area (Å²) in [4.78, 5) is 0. The average molecular weight is 312 g/mol. The molecule has 1 aromatic rings. The molecule has 2 aliphatic heterocycles. The van der Waals surface area contributed by atoms with Crippen LogP contribution in [0.25, 0.3) is 0 Å². The smallest absolute Gasteiger partial charge is 0.275 e. The van der Waals surface area contributed by atoms with Gasteiger partial charge in [-0.3, -0.25) is 4.68 Å². The van der Waals surface area contributed by atoms with E-state index < -0.39 is 10.2 Å². The fourth-order valence-corrected chi connectivity index (χ4v) is 5.24. The minimum Gasteiger partial charge on any atom is -0.275 e.